The molecule has 0 aliphatic heterocycles. The van der Waals surface area contributed by atoms with Crippen LogP contribution < -0.4 is 10.0 Å². The Hall–Kier alpha value is -2.86. The summed E-state index contributed by atoms with van der Waals surface area (Å²) in [6, 6.07) is 19.8. The molecule has 0 aliphatic rings. The summed E-state index contributed by atoms with van der Waals surface area (Å²) in [7, 11) is 2.63. The van der Waals surface area contributed by atoms with E-state index in [0.717, 1.165) is 27.2 Å². The first-order valence-corrected chi connectivity index (χ1v) is 10.4. The van der Waals surface area contributed by atoms with Crippen LogP contribution in [-0.2, 0) is 16.0 Å². The molecule has 3 rings (SSSR count). The van der Waals surface area contributed by atoms with Crippen molar-refractivity contribution in [1.82, 2.24) is 0 Å². The van der Waals surface area contributed by atoms with Crippen LogP contribution in [0.15, 0.2) is 60.7 Å². The van der Waals surface area contributed by atoms with Gasteiger partial charge in [-0.1, -0.05) is 60.4 Å². The van der Waals surface area contributed by atoms with Crippen LogP contribution in [-0.4, -0.2) is 29.9 Å². The predicted molar refractivity (Wildman–Crippen MR) is 123 cm³/mol. The van der Waals surface area contributed by atoms with Crippen molar-refractivity contribution < 1.29 is 19.4 Å². The molecule has 0 amide bonds. The number of aliphatic carboxylic acids is 1. The quantitative estimate of drug-likeness (QED) is 0.460. The fourth-order valence-corrected chi connectivity index (χ4v) is 3.41. The van der Waals surface area contributed by atoms with Gasteiger partial charge in [-0.2, -0.15) is 0 Å². The molecular formula is C25H25O4P. The van der Waals surface area contributed by atoms with E-state index in [1.807, 2.05) is 56.3 Å². The molecule has 30 heavy (non-hydrogen) atoms. The Morgan fingerprint density at radius 2 is 1.87 bits per heavy atom. The third kappa shape index (κ3) is 5.83. The zero-order valence-corrected chi connectivity index (χ0v) is 18.2. The Balaban J connectivity index is 1.70. The van der Waals surface area contributed by atoms with Gasteiger partial charge in [-0.3, -0.25) is 0 Å². The number of carboxylic acid groups (broad SMARTS) is 1. The normalized spacial score (nSPS) is 11.7. The summed E-state index contributed by atoms with van der Waals surface area (Å²) < 4.78 is 11.4. The highest BCUT2D eigenvalue weighted by molar-refractivity contribution is 7.27. The van der Waals surface area contributed by atoms with E-state index in [2.05, 4.69) is 39.3 Å². The van der Waals surface area contributed by atoms with Crippen LogP contribution in [0.25, 0.3) is 10.8 Å². The maximum absolute atomic E-state index is 11.5. The number of rotatable bonds is 7. The minimum absolute atomic E-state index is 0.160. The molecule has 0 saturated heterocycles. The highest BCUT2D eigenvalue weighted by Gasteiger charge is 2.20. The van der Waals surface area contributed by atoms with E-state index < -0.39 is 12.1 Å². The van der Waals surface area contributed by atoms with Gasteiger partial charge in [-0.15, -0.1) is 9.24 Å². The zero-order valence-electron chi connectivity index (χ0n) is 17.1. The molecule has 154 valence electrons. The number of benzene rings is 3. The van der Waals surface area contributed by atoms with Crippen molar-refractivity contribution in [1.29, 1.82) is 0 Å². The third-order valence-corrected chi connectivity index (χ3v) is 5.00. The molecule has 0 aromatic heterocycles. The topological polar surface area (TPSA) is 55.8 Å². The van der Waals surface area contributed by atoms with E-state index in [9.17, 15) is 9.90 Å². The van der Waals surface area contributed by atoms with Gasteiger partial charge in [0, 0.05) is 17.3 Å². The van der Waals surface area contributed by atoms with Crippen LogP contribution in [0, 0.1) is 11.8 Å². The first kappa shape index (κ1) is 21.8. The van der Waals surface area contributed by atoms with Gasteiger partial charge in [0.2, 0.25) is 0 Å². The minimum Gasteiger partial charge on any atom is -0.480 e. The Morgan fingerprint density at radius 3 is 2.63 bits per heavy atom. The van der Waals surface area contributed by atoms with Crippen molar-refractivity contribution in [3.8, 4) is 17.6 Å². The van der Waals surface area contributed by atoms with E-state index in [0.29, 0.717) is 5.75 Å². The molecule has 3 aromatic rings. The second-order valence-electron chi connectivity index (χ2n) is 7.21. The van der Waals surface area contributed by atoms with Gasteiger partial charge < -0.3 is 14.6 Å². The molecular weight excluding hydrogens is 395 g/mol. The van der Waals surface area contributed by atoms with E-state index in [1.165, 1.54) is 0 Å². The van der Waals surface area contributed by atoms with Gasteiger partial charge in [0.25, 0.3) is 0 Å². The second kappa shape index (κ2) is 10.3. The van der Waals surface area contributed by atoms with Gasteiger partial charge in [-0.25, -0.2) is 4.79 Å². The monoisotopic (exact) mass is 420 g/mol. The van der Waals surface area contributed by atoms with E-state index in [4.69, 9.17) is 9.47 Å². The van der Waals surface area contributed by atoms with Crippen LogP contribution in [0.1, 0.15) is 25.0 Å². The zero-order chi connectivity index (χ0) is 21.5. The largest absolute Gasteiger partial charge is 0.480 e. The Morgan fingerprint density at radius 1 is 1.10 bits per heavy atom. The smallest absolute Gasteiger partial charge is 0.333 e. The highest BCUT2D eigenvalue weighted by Crippen LogP contribution is 2.18. The summed E-state index contributed by atoms with van der Waals surface area (Å²) >= 11 is 0. The molecule has 4 nitrogen and oxygen atoms in total. The lowest BCUT2D eigenvalue weighted by atomic mass is 10.1. The molecule has 5 heteroatoms. The van der Waals surface area contributed by atoms with Crippen LogP contribution in [0.4, 0.5) is 0 Å². The molecule has 2 atom stereocenters. The molecule has 0 fully saturated rings. The van der Waals surface area contributed by atoms with Crippen LogP contribution >= 0.6 is 9.24 Å². The van der Waals surface area contributed by atoms with E-state index in [1.54, 1.807) is 0 Å². The molecule has 3 aromatic carbocycles. The summed E-state index contributed by atoms with van der Waals surface area (Å²) in [6.45, 7) is 3.88. The minimum atomic E-state index is -0.970. The lowest BCUT2D eigenvalue weighted by Crippen LogP contribution is -2.29. The van der Waals surface area contributed by atoms with Crippen molar-refractivity contribution in [2.45, 2.75) is 32.5 Å². The van der Waals surface area contributed by atoms with Crippen molar-refractivity contribution in [2.75, 3.05) is 6.61 Å². The number of fused-ring (bicyclic) bond motifs is 1. The molecule has 0 saturated carbocycles. The summed E-state index contributed by atoms with van der Waals surface area (Å²) in [6.07, 6.45) is -0.775. The number of hydrogen-bond donors (Lipinski definition) is 1. The van der Waals surface area contributed by atoms with Crippen LogP contribution in [0.3, 0.4) is 0 Å². The predicted octanol–water partition coefficient (Wildman–Crippen LogP) is 4.19. The number of carbonyl (C=O) groups is 1. The van der Waals surface area contributed by atoms with Crippen molar-refractivity contribution in [2.24, 2.45) is 0 Å². The van der Waals surface area contributed by atoms with Gasteiger partial charge in [0.05, 0.1) is 6.10 Å². The first-order valence-electron chi connectivity index (χ1n) is 9.80. The van der Waals surface area contributed by atoms with Crippen LogP contribution in [0.5, 0.6) is 5.75 Å². The van der Waals surface area contributed by atoms with Crippen molar-refractivity contribution in [3.05, 3.63) is 71.8 Å². The molecule has 0 heterocycles. The SMILES string of the molecule is CC(C)OC(Cc1ccc(P)c(OCC#Cc2cccc3ccccc23)c1)C(=O)O. The Kier molecular flexibility index (Phi) is 7.46. The molecule has 2 unspecified atom stereocenters. The summed E-state index contributed by atoms with van der Waals surface area (Å²) in [5.41, 5.74) is 1.80. The Labute approximate surface area is 179 Å². The maximum atomic E-state index is 11.5. The lowest BCUT2D eigenvalue weighted by Gasteiger charge is -2.17. The van der Waals surface area contributed by atoms with Crippen LogP contribution in [0.2, 0.25) is 0 Å². The fourth-order valence-electron chi connectivity index (χ4n) is 3.15. The van der Waals surface area contributed by atoms with E-state index >= 15 is 0 Å². The average Bonchev–Trinajstić information content (AvgIpc) is 2.72. The van der Waals surface area contributed by atoms with Gasteiger partial charge in [-0.05, 0) is 42.3 Å². The molecule has 0 aliphatic carbocycles. The number of carboxylic acids is 1. The van der Waals surface area contributed by atoms with Gasteiger partial charge in [0.1, 0.15) is 12.4 Å². The lowest BCUT2D eigenvalue weighted by molar-refractivity contribution is -0.153. The third-order valence-electron chi connectivity index (χ3n) is 4.52. The molecule has 0 radical (unpaired) electrons. The molecule has 0 bridgehead atoms. The fraction of sp³-hybridized carbons (Fsp3) is 0.240. The van der Waals surface area contributed by atoms with Crippen molar-refractivity contribution >= 4 is 31.3 Å². The molecule has 1 N–H and O–H groups in total. The Bertz CT molecular complexity index is 1090. The van der Waals surface area contributed by atoms with Crippen molar-refractivity contribution in [3.63, 3.8) is 0 Å². The average molecular weight is 420 g/mol. The number of ether oxygens (including phenoxy) is 2. The summed E-state index contributed by atoms with van der Waals surface area (Å²) in [5, 5.41) is 12.5. The maximum Gasteiger partial charge on any atom is 0.333 e. The standard InChI is InChI=1S/C25H25O4P/c1-17(2)29-23(25(26)27)16-18-12-13-24(30)22(15-18)28-14-6-10-20-9-5-8-19-7-3-4-11-21(19)20/h3-5,7-9,11-13,15,17,23H,14,16,30H2,1-2H3,(H,26,27). The summed E-state index contributed by atoms with van der Waals surface area (Å²) in [4.78, 5) is 11.5. The van der Waals surface area contributed by atoms with Gasteiger partial charge >= 0.3 is 5.97 Å². The van der Waals surface area contributed by atoms with E-state index in [-0.39, 0.29) is 19.1 Å². The molecule has 0 spiro atoms. The summed E-state index contributed by atoms with van der Waals surface area (Å²) in [5.74, 6) is 5.95. The number of hydrogen-bond acceptors (Lipinski definition) is 3. The van der Waals surface area contributed by atoms with Gasteiger partial charge in [0.15, 0.2) is 6.10 Å². The second-order valence-corrected chi connectivity index (χ2v) is 7.83. The highest BCUT2D eigenvalue weighted by atomic mass is 31.0. The first-order chi connectivity index (χ1) is 14.4.